The van der Waals surface area contributed by atoms with Crippen molar-refractivity contribution in [2.24, 2.45) is 11.8 Å². The van der Waals surface area contributed by atoms with E-state index < -0.39 is 0 Å². The Morgan fingerprint density at radius 2 is 2.33 bits per heavy atom. The largest absolute Gasteiger partial charge is 0.355 e. The zero-order valence-electron chi connectivity index (χ0n) is 11.2. The molecule has 0 spiro atoms. The molecule has 3 atom stereocenters. The molecular weight excluding hydrogens is 226 g/mol. The highest BCUT2D eigenvalue weighted by atomic mass is 16.2. The average molecular weight is 249 g/mol. The summed E-state index contributed by atoms with van der Waals surface area (Å²) in [6.07, 6.45) is 5.44. The normalized spacial score (nSPS) is 34.4. The molecule has 1 amide bonds. The van der Waals surface area contributed by atoms with Crippen LogP contribution in [0.4, 0.5) is 0 Å². The molecule has 4 heteroatoms. The monoisotopic (exact) mass is 249 g/mol. The number of hydrogen-bond acceptors (Lipinski definition) is 3. The first-order chi connectivity index (χ1) is 8.74. The van der Waals surface area contributed by atoms with Crippen LogP contribution in [-0.4, -0.2) is 36.5 Å². The van der Waals surface area contributed by atoms with E-state index in [0.717, 1.165) is 38.3 Å². The number of rotatable bonds is 2. The van der Waals surface area contributed by atoms with Crippen molar-refractivity contribution in [3.8, 4) is 6.07 Å². The van der Waals surface area contributed by atoms with Gasteiger partial charge in [-0.3, -0.25) is 9.69 Å². The molecule has 1 aliphatic heterocycles. The second-order valence-electron chi connectivity index (χ2n) is 5.56. The van der Waals surface area contributed by atoms with Gasteiger partial charge in [-0.25, -0.2) is 0 Å². The van der Waals surface area contributed by atoms with Crippen LogP contribution < -0.4 is 5.32 Å². The van der Waals surface area contributed by atoms with Crippen LogP contribution >= 0.6 is 0 Å². The molecule has 1 aliphatic carbocycles. The minimum atomic E-state index is 0.110. The van der Waals surface area contributed by atoms with E-state index in [1.54, 1.807) is 0 Å². The van der Waals surface area contributed by atoms with Gasteiger partial charge in [0.05, 0.1) is 18.5 Å². The van der Waals surface area contributed by atoms with E-state index in [1.807, 2.05) is 0 Å². The van der Waals surface area contributed by atoms with Crippen LogP contribution in [0, 0.1) is 23.2 Å². The van der Waals surface area contributed by atoms with Gasteiger partial charge in [-0.05, 0) is 31.6 Å². The highest BCUT2D eigenvalue weighted by molar-refractivity contribution is 5.78. The van der Waals surface area contributed by atoms with Crippen molar-refractivity contribution in [3.63, 3.8) is 0 Å². The number of hydrogen-bond donors (Lipinski definition) is 1. The van der Waals surface area contributed by atoms with Crippen molar-refractivity contribution >= 4 is 5.91 Å². The molecule has 0 aromatic rings. The van der Waals surface area contributed by atoms with Crippen LogP contribution in [0.5, 0.6) is 0 Å². The Kier molecular flexibility index (Phi) is 4.60. The Morgan fingerprint density at radius 3 is 3.06 bits per heavy atom. The number of nitrogens with one attached hydrogen (secondary N) is 1. The molecule has 18 heavy (non-hydrogen) atoms. The molecule has 0 radical (unpaired) electrons. The zero-order valence-corrected chi connectivity index (χ0v) is 11.2. The van der Waals surface area contributed by atoms with Gasteiger partial charge in [-0.15, -0.1) is 0 Å². The summed E-state index contributed by atoms with van der Waals surface area (Å²) in [7, 11) is 0. The average Bonchev–Trinajstić information content (AvgIpc) is 2.62. The summed E-state index contributed by atoms with van der Waals surface area (Å²) in [4.78, 5) is 13.9. The summed E-state index contributed by atoms with van der Waals surface area (Å²) in [5.41, 5.74) is 0. The molecular formula is C14H23N3O. The molecule has 1 saturated carbocycles. The van der Waals surface area contributed by atoms with Crippen molar-refractivity contribution in [1.82, 2.24) is 10.2 Å². The molecule has 100 valence electrons. The van der Waals surface area contributed by atoms with E-state index in [2.05, 4.69) is 23.2 Å². The van der Waals surface area contributed by atoms with Crippen molar-refractivity contribution < 1.29 is 4.79 Å². The second-order valence-corrected chi connectivity index (χ2v) is 5.56. The van der Waals surface area contributed by atoms with Crippen molar-refractivity contribution in [2.75, 3.05) is 19.6 Å². The van der Waals surface area contributed by atoms with Gasteiger partial charge in [0.2, 0.25) is 5.91 Å². The summed E-state index contributed by atoms with van der Waals surface area (Å²) in [5, 5.41) is 12.2. The fourth-order valence-electron chi connectivity index (χ4n) is 3.27. The molecule has 1 saturated heterocycles. The number of amides is 1. The topological polar surface area (TPSA) is 56.1 Å². The highest BCUT2D eigenvalue weighted by Crippen LogP contribution is 2.33. The first kappa shape index (κ1) is 13.4. The molecule has 0 bridgehead atoms. The van der Waals surface area contributed by atoms with Crippen LogP contribution in [0.25, 0.3) is 0 Å². The summed E-state index contributed by atoms with van der Waals surface area (Å²) in [6.45, 7) is 4.41. The van der Waals surface area contributed by atoms with E-state index in [4.69, 9.17) is 0 Å². The molecule has 3 unspecified atom stereocenters. The predicted octanol–water partition coefficient (Wildman–Crippen LogP) is 1.53. The van der Waals surface area contributed by atoms with Crippen molar-refractivity contribution in [1.29, 1.82) is 5.26 Å². The zero-order chi connectivity index (χ0) is 13.0. The Bertz CT molecular complexity index is 336. The van der Waals surface area contributed by atoms with Gasteiger partial charge in [0, 0.05) is 19.1 Å². The molecule has 2 rings (SSSR count). The number of nitrogens with zero attached hydrogens (tertiary/aromatic N) is 2. The third kappa shape index (κ3) is 3.02. The van der Waals surface area contributed by atoms with Crippen LogP contribution in [0.3, 0.4) is 0 Å². The Balaban J connectivity index is 2.06. The molecule has 0 aromatic heterocycles. The van der Waals surface area contributed by atoms with Gasteiger partial charge in [0.1, 0.15) is 0 Å². The van der Waals surface area contributed by atoms with Crippen molar-refractivity contribution in [2.45, 2.75) is 45.1 Å². The van der Waals surface area contributed by atoms with Gasteiger partial charge in [-0.2, -0.15) is 5.26 Å². The molecule has 1 heterocycles. The summed E-state index contributed by atoms with van der Waals surface area (Å²) < 4.78 is 0. The van der Waals surface area contributed by atoms with E-state index in [0.29, 0.717) is 6.54 Å². The van der Waals surface area contributed by atoms with Crippen molar-refractivity contribution in [3.05, 3.63) is 0 Å². The van der Waals surface area contributed by atoms with Crippen LogP contribution in [0.15, 0.2) is 0 Å². The maximum absolute atomic E-state index is 11.6. The predicted molar refractivity (Wildman–Crippen MR) is 69.7 cm³/mol. The first-order valence-electron chi connectivity index (χ1n) is 7.15. The smallest absolute Gasteiger partial charge is 0.234 e. The lowest BCUT2D eigenvalue weighted by Crippen LogP contribution is -2.46. The summed E-state index contributed by atoms with van der Waals surface area (Å²) >= 11 is 0. The lowest BCUT2D eigenvalue weighted by atomic mass is 9.77. The Labute approximate surface area is 109 Å². The summed E-state index contributed by atoms with van der Waals surface area (Å²) in [5.74, 6) is 0.951. The third-order valence-electron chi connectivity index (χ3n) is 4.43. The number of carbonyl (C=O) groups excluding carboxylic acids is 1. The quantitative estimate of drug-likeness (QED) is 0.807. The molecule has 0 aromatic carbocycles. The van der Waals surface area contributed by atoms with E-state index in [-0.39, 0.29) is 17.9 Å². The first-order valence-corrected chi connectivity index (χ1v) is 7.15. The Hall–Kier alpha value is -1.08. The van der Waals surface area contributed by atoms with Gasteiger partial charge >= 0.3 is 0 Å². The van der Waals surface area contributed by atoms with Crippen LogP contribution in [0.2, 0.25) is 0 Å². The van der Waals surface area contributed by atoms with E-state index in [1.165, 1.54) is 12.8 Å². The molecule has 2 aliphatic rings. The SMILES string of the molecule is CCC1CCC(C#N)C(N2CCCNC(=O)C2)C1. The fourth-order valence-corrected chi connectivity index (χ4v) is 3.27. The van der Waals surface area contributed by atoms with Gasteiger partial charge in [0.15, 0.2) is 0 Å². The lowest BCUT2D eigenvalue weighted by Gasteiger charge is -2.39. The summed E-state index contributed by atoms with van der Waals surface area (Å²) in [6, 6.07) is 2.75. The van der Waals surface area contributed by atoms with Gasteiger partial charge < -0.3 is 5.32 Å². The van der Waals surface area contributed by atoms with Crippen LogP contribution in [-0.2, 0) is 4.79 Å². The molecule has 2 fully saturated rings. The minimum absolute atomic E-state index is 0.110. The maximum Gasteiger partial charge on any atom is 0.234 e. The lowest BCUT2D eigenvalue weighted by molar-refractivity contribution is -0.122. The molecule has 1 N–H and O–H groups in total. The fraction of sp³-hybridized carbons (Fsp3) is 0.857. The van der Waals surface area contributed by atoms with Gasteiger partial charge in [0.25, 0.3) is 0 Å². The number of carbonyl (C=O) groups is 1. The maximum atomic E-state index is 11.6. The highest BCUT2D eigenvalue weighted by Gasteiger charge is 2.35. The third-order valence-corrected chi connectivity index (χ3v) is 4.43. The van der Waals surface area contributed by atoms with E-state index in [9.17, 15) is 10.1 Å². The minimum Gasteiger partial charge on any atom is -0.355 e. The van der Waals surface area contributed by atoms with Gasteiger partial charge in [-0.1, -0.05) is 13.3 Å². The van der Waals surface area contributed by atoms with Crippen LogP contribution in [0.1, 0.15) is 39.0 Å². The Morgan fingerprint density at radius 1 is 1.50 bits per heavy atom. The second kappa shape index (κ2) is 6.19. The standard InChI is InChI=1S/C14H23N3O/c1-2-11-4-5-12(9-15)13(8-11)17-7-3-6-16-14(18)10-17/h11-13H,2-8,10H2,1H3,(H,16,18). The molecule has 4 nitrogen and oxygen atoms in total. The van der Waals surface area contributed by atoms with E-state index >= 15 is 0 Å². The number of nitriles is 1.